The highest BCUT2D eigenvalue weighted by atomic mass is 16.2. The summed E-state index contributed by atoms with van der Waals surface area (Å²) >= 11 is 0. The Labute approximate surface area is 180 Å². The molecule has 0 bridgehead atoms. The van der Waals surface area contributed by atoms with Crippen molar-refractivity contribution in [2.75, 3.05) is 37.6 Å². The molecule has 1 aliphatic heterocycles. The zero-order valence-electron chi connectivity index (χ0n) is 17.2. The van der Waals surface area contributed by atoms with Crippen molar-refractivity contribution in [1.82, 2.24) is 19.8 Å². The van der Waals surface area contributed by atoms with Gasteiger partial charge in [-0.3, -0.25) is 14.4 Å². The lowest BCUT2D eigenvalue weighted by Crippen LogP contribution is -2.49. The van der Waals surface area contributed by atoms with Gasteiger partial charge in [0.25, 0.3) is 5.56 Å². The molecule has 4 rings (SSSR count). The van der Waals surface area contributed by atoms with Gasteiger partial charge < -0.3 is 19.7 Å². The van der Waals surface area contributed by atoms with Gasteiger partial charge in [-0.1, -0.05) is 24.3 Å². The van der Waals surface area contributed by atoms with Gasteiger partial charge in [-0.05, 0) is 29.7 Å². The quantitative estimate of drug-likeness (QED) is 0.650. The number of fused-ring (bicyclic) bond motifs is 1. The molecule has 0 aliphatic carbocycles. The molecule has 0 radical (unpaired) electrons. The van der Waals surface area contributed by atoms with E-state index in [4.69, 9.17) is 0 Å². The molecule has 3 heterocycles. The highest BCUT2D eigenvalue weighted by Crippen LogP contribution is 2.13. The van der Waals surface area contributed by atoms with Crippen molar-refractivity contribution in [3.63, 3.8) is 0 Å². The topological polar surface area (TPSA) is 87.5 Å². The van der Waals surface area contributed by atoms with E-state index in [9.17, 15) is 14.4 Å². The maximum absolute atomic E-state index is 12.5. The predicted octanol–water partition coefficient (Wildman–Crippen LogP) is 1.25. The fraction of sp³-hybridized carbons (Fsp3) is 0.304. The molecule has 3 aromatic rings. The zero-order valence-corrected chi connectivity index (χ0v) is 17.2. The molecule has 1 fully saturated rings. The van der Waals surface area contributed by atoms with Gasteiger partial charge in [-0.25, -0.2) is 4.98 Å². The first-order valence-electron chi connectivity index (χ1n) is 10.4. The van der Waals surface area contributed by atoms with Crippen molar-refractivity contribution in [2.24, 2.45) is 0 Å². The summed E-state index contributed by atoms with van der Waals surface area (Å²) in [5.74, 6) is 0.653. The van der Waals surface area contributed by atoms with Crippen LogP contribution in [0.5, 0.6) is 0 Å². The molecule has 2 amide bonds. The van der Waals surface area contributed by atoms with Crippen molar-refractivity contribution in [3.05, 3.63) is 71.3 Å². The third-order valence-electron chi connectivity index (χ3n) is 5.47. The average Bonchev–Trinajstić information content (AvgIpc) is 2.82. The molecule has 160 valence electrons. The third kappa shape index (κ3) is 4.91. The van der Waals surface area contributed by atoms with Crippen LogP contribution in [-0.4, -0.2) is 59.0 Å². The summed E-state index contributed by atoms with van der Waals surface area (Å²) in [6, 6.07) is 14.9. The number of rotatable bonds is 6. The van der Waals surface area contributed by atoms with Crippen LogP contribution in [0.1, 0.15) is 6.42 Å². The molecular formula is C23H25N5O3. The third-order valence-corrected chi connectivity index (χ3v) is 5.47. The minimum Gasteiger partial charge on any atom is -0.354 e. The first-order valence-corrected chi connectivity index (χ1v) is 10.4. The number of amides is 2. The van der Waals surface area contributed by atoms with E-state index in [0.717, 1.165) is 24.3 Å². The zero-order chi connectivity index (χ0) is 21.6. The Morgan fingerprint density at radius 2 is 1.74 bits per heavy atom. The summed E-state index contributed by atoms with van der Waals surface area (Å²) in [5, 5.41) is 4.17. The fourth-order valence-electron chi connectivity index (χ4n) is 3.76. The van der Waals surface area contributed by atoms with Gasteiger partial charge in [0.15, 0.2) is 0 Å². The Morgan fingerprint density at radius 3 is 2.52 bits per heavy atom. The summed E-state index contributed by atoms with van der Waals surface area (Å²) in [7, 11) is 0. The standard InChI is InChI=1S/C23H25N5O3/c29-21(17-28-12-9-18-5-1-2-6-19(18)23(28)31)25-11-8-22(30)27-15-13-26(14-16-27)20-7-3-4-10-24-20/h1-7,9-10,12H,8,11,13-17H2,(H,25,29). The minimum atomic E-state index is -0.287. The highest BCUT2D eigenvalue weighted by Gasteiger charge is 2.21. The van der Waals surface area contributed by atoms with Gasteiger partial charge in [0.2, 0.25) is 11.8 Å². The highest BCUT2D eigenvalue weighted by molar-refractivity contribution is 5.82. The monoisotopic (exact) mass is 419 g/mol. The summed E-state index contributed by atoms with van der Waals surface area (Å²) in [6.07, 6.45) is 3.62. The van der Waals surface area contributed by atoms with Crippen LogP contribution < -0.4 is 15.8 Å². The van der Waals surface area contributed by atoms with E-state index in [1.54, 1.807) is 24.5 Å². The van der Waals surface area contributed by atoms with E-state index in [2.05, 4.69) is 15.2 Å². The van der Waals surface area contributed by atoms with Crippen molar-refractivity contribution < 1.29 is 9.59 Å². The Kier molecular flexibility index (Phi) is 6.26. The number of hydrogen-bond acceptors (Lipinski definition) is 5. The number of pyridine rings is 2. The van der Waals surface area contributed by atoms with E-state index in [1.807, 2.05) is 41.3 Å². The number of anilines is 1. The van der Waals surface area contributed by atoms with Crippen molar-refractivity contribution in [1.29, 1.82) is 0 Å². The smallest absolute Gasteiger partial charge is 0.258 e. The van der Waals surface area contributed by atoms with Crippen LogP contribution in [0.25, 0.3) is 10.8 Å². The number of carbonyl (C=O) groups excluding carboxylic acids is 2. The second kappa shape index (κ2) is 9.42. The maximum atomic E-state index is 12.5. The number of piperazine rings is 1. The maximum Gasteiger partial charge on any atom is 0.258 e. The SMILES string of the molecule is O=C(Cn1ccc2ccccc2c1=O)NCCC(=O)N1CCN(c2ccccn2)CC1. The van der Waals surface area contributed by atoms with E-state index >= 15 is 0 Å². The second-order valence-corrected chi connectivity index (χ2v) is 7.49. The first kappa shape index (κ1) is 20.6. The number of aromatic nitrogens is 2. The lowest BCUT2D eigenvalue weighted by Gasteiger charge is -2.35. The number of hydrogen-bond donors (Lipinski definition) is 1. The van der Waals surface area contributed by atoms with E-state index in [-0.39, 0.29) is 36.9 Å². The largest absolute Gasteiger partial charge is 0.354 e. The summed E-state index contributed by atoms with van der Waals surface area (Å²) in [4.78, 5) is 45.5. The molecule has 2 aromatic heterocycles. The number of nitrogens with one attached hydrogen (secondary N) is 1. The molecular weight excluding hydrogens is 394 g/mol. The van der Waals surface area contributed by atoms with E-state index in [0.29, 0.717) is 18.5 Å². The van der Waals surface area contributed by atoms with Gasteiger partial charge in [-0.15, -0.1) is 0 Å². The molecule has 0 atom stereocenters. The van der Waals surface area contributed by atoms with Gasteiger partial charge in [0.05, 0.1) is 0 Å². The summed E-state index contributed by atoms with van der Waals surface area (Å²) in [6.45, 7) is 2.92. The molecule has 8 nitrogen and oxygen atoms in total. The fourth-order valence-corrected chi connectivity index (χ4v) is 3.76. The van der Waals surface area contributed by atoms with Crippen molar-refractivity contribution in [2.45, 2.75) is 13.0 Å². The van der Waals surface area contributed by atoms with Crippen LogP contribution in [0.4, 0.5) is 5.82 Å². The van der Waals surface area contributed by atoms with Crippen LogP contribution in [-0.2, 0) is 16.1 Å². The van der Waals surface area contributed by atoms with Crippen molar-refractivity contribution >= 4 is 28.4 Å². The Balaban J connectivity index is 1.22. The molecule has 0 unspecified atom stereocenters. The predicted molar refractivity (Wildman–Crippen MR) is 119 cm³/mol. The minimum absolute atomic E-state index is 0.0174. The molecule has 0 spiro atoms. The molecule has 0 saturated carbocycles. The number of benzene rings is 1. The molecule has 1 aromatic carbocycles. The summed E-state index contributed by atoms with van der Waals surface area (Å²) < 4.78 is 1.39. The molecule has 1 aliphatic rings. The first-order chi connectivity index (χ1) is 15.1. The normalized spacial score (nSPS) is 13.9. The van der Waals surface area contributed by atoms with Crippen LogP contribution in [0.2, 0.25) is 0 Å². The molecule has 31 heavy (non-hydrogen) atoms. The number of nitrogens with zero attached hydrogens (tertiary/aromatic N) is 4. The van der Waals surface area contributed by atoms with Crippen LogP contribution in [0, 0.1) is 0 Å². The molecule has 1 saturated heterocycles. The lowest BCUT2D eigenvalue weighted by atomic mass is 10.2. The Bertz CT molecular complexity index is 1120. The molecule has 8 heteroatoms. The Morgan fingerprint density at radius 1 is 0.968 bits per heavy atom. The van der Waals surface area contributed by atoms with Gasteiger partial charge in [-0.2, -0.15) is 0 Å². The number of carbonyl (C=O) groups is 2. The lowest BCUT2D eigenvalue weighted by molar-refractivity contribution is -0.131. The van der Waals surface area contributed by atoms with Crippen LogP contribution >= 0.6 is 0 Å². The van der Waals surface area contributed by atoms with Crippen molar-refractivity contribution in [3.8, 4) is 0 Å². The van der Waals surface area contributed by atoms with Crippen LogP contribution in [0.3, 0.4) is 0 Å². The molecule has 1 N–H and O–H groups in total. The van der Waals surface area contributed by atoms with E-state index < -0.39 is 0 Å². The van der Waals surface area contributed by atoms with E-state index in [1.165, 1.54) is 4.57 Å². The Hall–Kier alpha value is -3.68. The summed E-state index contributed by atoms with van der Waals surface area (Å²) in [5.41, 5.74) is -0.199. The average molecular weight is 419 g/mol. The van der Waals surface area contributed by atoms with Crippen LogP contribution in [0.15, 0.2) is 65.7 Å². The van der Waals surface area contributed by atoms with Gasteiger partial charge >= 0.3 is 0 Å². The van der Waals surface area contributed by atoms with Gasteiger partial charge in [0, 0.05) is 56.9 Å². The van der Waals surface area contributed by atoms with Gasteiger partial charge in [0.1, 0.15) is 12.4 Å². The second-order valence-electron chi connectivity index (χ2n) is 7.49.